The van der Waals surface area contributed by atoms with Gasteiger partial charge in [0.05, 0.1) is 66.3 Å². The molecule has 33 nitrogen and oxygen atoms in total. The highest BCUT2D eigenvalue weighted by molar-refractivity contribution is 6.32. The molecule has 0 saturated heterocycles. The van der Waals surface area contributed by atoms with Crippen LogP contribution in [0.4, 0.5) is 62.8 Å². The molecule has 11 aromatic rings. The Bertz CT molecular complexity index is 4340. The van der Waals surface area contributed by atoms with Gasteiger partial charge in [-0.1, -0.05) is 111 Å². The zero-order chi connectivity index (χ0) is 71.8. The molecule has 8 heterocycles. The number of halogens is 13. The van der Waals surface area contributed by atoms with Crippen LogP contribution in [0, 0.1) is 0 Å². The molecule has 0 bridgehead atoms. The molecule has 0 atom stereocenters. The van der Waals surface area contributed by atoms with Crippen molar-refractivity contribution in [2.45, 2.75) is 38.2 Å². The Morgan fingerprint density at radius 2 is 0.704 bits per heavy atom. The summed E-state index contributed by atoms with van der Waals surface area (Å²) < 4.78 is 117. The molecular formula is C52H40Cl4F9N27O6. The number of nitrogens with one attached hydrogen (secondary N) is 2. The predicted octanol–water partition coefficient (Wildman–Crippen LogP) is 6.63. The monoisotopic (exact) mass is 1450 g/mol. The molecule has 0 fully saturated rings. The zero-order valence-corrected chi connectivity index (χ0v) is 51.5. The summed E-state index contributed by atoms with van der Waals surface area (Å²) in [5.74, 6) is -4.96. The minimum atomic E-state index is -4.54. The molecule has 2 amide bonds. The summed E-state index contributed by atoms with van der Waals surface area (Å²) in [7, 11) is 0. The number of aromatic nitrogens is 20. The number of aromatic carboxylic acids is 2. The van der Waals surface area contributed by atoms with Crippen LogP contribution >= 0.6 is 46.4 Å². The number of alkyl halides is 9. The quantitative estimate of drug-likeness (QED) is 0.0547. The molecule has 0 aliphatic heterocycles. The van der Waals surface area contributed by atoms with E-state index in [0.29, 0.717) is 0 Å². The summed E-state index contributed by atoms with van der Waals surface area (Å²) in [5.41, 5.74) is 23.6. The van der Waals surface area contributed by atoms with Gasteiger partial charge in [-0.25, -0.2) is 49.5 Å². The average Bonchev–Trinajstić information content (AvgIpc) is 1.43. The van der Waals surface area contributed by atoms with Gasteiger partial charge in [0, 0.05) is 19.6 Å². The Kier molecular flexibility index (Phi) is 24.0. The first-order valence-electron chi connectivity index (χ1n) is 26.3. The number of carboxylic acids is 2. The summed E-state index contributed by atoms with van der Waals surface area (Å²) in [6.07, 6.45) is -2.05. The Morgan fingerprint density at radius 1 is 0.418 bits per heavy atom. The first kappa shape index (κ1) is 73.5. The number of anilines is 4. The standard InChI is InChI=1S/2C15H11ClF3N7O.C8H8F3N.2C7H5ClN6O2/c16-11-13(26-6-5-22-25-26)24-12(20)10(23-11)14(27)21-7-8-3-1-2-4-9(8)15(17,18)19;16-11-13(26-22-5-6-23-26)25-12(20)10(24-11)14(27)21-7-8-3-1-2-4-9(8)15(17,18)19;9-8(10,11)7-4-2-1-3-6(7)5-12;8-4-6(14-2-1-10-13-14)12-5(9)3(11-4)7(15)16;8-4-6(14-10-1-2-11-14)13-5(9)3(12-4)7(15)16/h1-6H,7H2,(H2,20,24)(H,21,27);1-6H,7H2,(H2,20,25)(H,21,27);1-4H,5,12H2;1-2H,(H2,9,12)(H,15,16);1-2H,(H2,9,13)(H,15,16). The van der Waals surface area contributed by atoms with Crippen molar-refractivity contribution in [1.29, 1.82) is 0 Å². The number of hydrogen-bond donors (Lipinski definition) is 9. The van der Waals surface area contributed by atoms with Crippen LogP contribution in [-0.4, -0.2) is 134 Å². The van der Waals surface area contributed by atoms with E-state index in [1.807, 2.05) is 0 Å². The second-order valence-electron chi connectivity index (χ2n) is 18.3. The minimum Gasteiger partial charge on any atom is -0.476 e. The number of benzene rings is 3. The smallest absolute Gasteiger partial charge is 0.416 e. The molecule has 0 saturated carbocycles. The first-order valence-corrected chi connectivity index (χ1v) is 27.8. The molecule has 0 aliphatic carbocycles. The van der Waals surface area contributed by atoms with Gasteiger partial charge < -0.3 is 49.5 Å². The van der Waals surface area contributed by atoms with Crippen LogP contribution in [0.1, 0.15) is 75.3 Å². The van der Waals surface area contributed by atoms with Crippen LogP contribution in [0.5, 0.6) is 0 Å². The number of carbonyl (C=O) groups is 4. The number of amides is 2. The van der Waals surface area contributed by atoms with Gasteiger partial charge in [0.15, 0.2) is 78.3 Å². The highest BCUT2D eigenvalue weighted by atomic mass is 35.5. The molecule has 0 unspecified atom stereocenters. The third-order valence-corrected chi connectivity index (χ3v) is 12.9. The maximum atomic E-state index is 13.0. The molecule has 0 aliphatic rings. The van der Waals surface area contributed by atoms with E-state index in [2.05, 4.69) is 91.5 Å². The van der Waals surface area contributed by atoms with E-state index in [1.165, 1.54) is 114 Å². The molecule has 510 valence electrons. The largest absolute Gasteiger partial charge is 0.476 e. The van der Waals surface area contributed by atoms with E-state index in [0.717, 1.165) is 27.8 Å². The van der Waals surface area contributed by atoms with Gasteiger partial charge in [-0.05, 0) is 34.9 Å². The third-order valence-electron chi connectivity index (χ3n) is 11.9. The van der Waals surface area contributed by atoms with Crippen molar-refractivity contribution in [2.24, 2.45) is 5.73 Å². The molecule has 0 spiro atoms. The molecule has 11 rings (SSSR count). The fraction of sp³-hybridized carbons (Fsp3) is 0.115. The normalized spacial score (nSPS) is 11.1. The van der Waals surface area contributed by atoms with E-state index < -0.39 is 70.4 Å². The van der Waals surface area contributed by atoms with Crippen molar-refractivity contribution in [3.05, 3.63) is 199 Å². The molecular weight excluding hydrogens is 1410 g/mol. The SMILES string of the molecule is NCc1ccccc1C(F)(F)F.Nc1nc(-n2ccnn2)c(Cl)nc1C(=O)NCc1ccccc1C(F)(F)F.Nc1nc(-n2ccnn2)c(Cl)nc1C(=O)O.Nc1nc(-n2nccn2)c(Cl)nc1C(=O)NCc1ccccc1C(F)(F)F.Nc1nc(-n2nccn2)c(Cl)nc1C(=O)O. The number of carbonyl (C=O) groups excluding carboxylic acids is 2. The number of nitrogens with two attached hydrogens (primary N) is 5. The van der Waals surface area contributed by atoms with Crippen molar-refractivity contribution >= 4 is 93.4 Å². The van der Waals surface area contributed by atoms with E-state index in [-0.39, 0.29) is 115 Å². The minimum absolute atomic E-state index is 0.0122. The second kappa shape index (κ2) is 32.0. The summed E-state index contributed by atoms with van der Waals surface area (Å²) in [6, 6.07) is 15.1. The molecule has 46 heteroatoms. The molecule has 8 aromatic heterocycles. The van der Waals surface area contributed by atoms with E-state index >= 15 is 0 Å². The fourth-order valence-corrected chi connectivity index (χ4v) is 8.39. The van der Waals surface area contributed by atoms with Gasteiger partial charge in [0.1, 0.15) is 0 Å². The number of hydrogen-bond acceptors (Lipinski definition) is 25. The van der Waals surface area contributed by atoms with Gasteiger partial charge in [0.25, 0.3) is 11.8 Å². The summed E-state index contributed by atoms with van der Waals surface area (Å²) >= 11 is 23.5. The van der Waals surface area contributed by atoms with Gasteiger partial charge in [-0.2, -0.15) is 69.3 Å². The van der Waals surface area contributed by atoms with Crippen molar-refractivity contribution in [3.63, 3.8) is 0 Å². The van der Waals surface area contributed by atoms with Crippen LogP contribution < -0.4 is 39.3 Å². The van der Waals surface area contributed by atoms with Gasteiger partial charge >= 0.3 is 30.5 Å². The van der Waals surface area contributed by atoms with Crippen molar-refractivity contribution < 1.29 is 68.9 Å². The first-order chi connectivity index (χ1) is 46.3. The molecule has 3 aromatic carbocycles. The van der Waals surface area contributed by atoms with Crippen LogP contribution in [0.25, 0.3) is 23.3 Å². The van der Waals surface area contributed by atoms with E-state index in [9.17, 15) is 58.7 Å². The van der Waals surface area contributed by atoms with Crippen molar-refractivity contribution in [1.82, 2.24) is 110 Å². The lowest BCUT2D eigenvalue weighted by atomic mass is 10.1. The number of rotatable bonds is 13. The Balaban J connectivity index is 0.000000178. The lowest BCUT2D eigenvalue weighted by Crippen LogP contribution is -2.27. The molecule has 0 radical (unpaired) electrons. The Hall–Kier alpha value is -11.9. The summed E-state index contributed by atoms with van der Waals surface area (Å²) in [5, 5.41) is 51.2. The van der Waals surface area contributed by atoms with Gasteiger partial charge in [-0.15, -0.1) is 19.8 Å². The average molecular weight is 1450 g/mol. The zero-order valence-electron chi connectivity index (χ0n) is 48.4. The maximum absolute atomic E-state index is 13.0. The Labute approximate surface area is 559 Å². The van der Waals surface area contributed by atoms with E-state index in [4.69, 9.17) is 85.3 Å². The molecule has 14 N–H and O–H groups in total. The van der Waals surface area contributed by atoms with Crippen molar-refractivity contribution in [3.8, 4) is 23.3 Å². The lowest BCUT2D eigenvalue weighted by Gasteiger charge is -2.13. The maximum Gasteiger partial charge on any atom is 0.416 e. The number of carboxylic acid groups (broad SMARTS) is 2. The summed E-state index contributed by atoms with van der Waals surface area (Å²) in [6.45, 7) is -0.844. The second-order valence-corrected chi connectivity index (χ2v) is 19.7. The fourth-order valence-electron chi connectivity index (χ4n) is 7.56. The molecule has 98 heavy (non-hydrogen) atoms. The van der Waals surface area contributed by atoms with Crippen LogP contribution in [0.15, 0.2) is 122 Å². The van der Waals surface area contributed by atoms with Crippen molar-refractivity contribution in [2.75, 3.05) is 22.9 Å². The van der Waals surface area contributed by atoms with Crippen LogP contribution in [0.2, 0.25) is 20.6 Å². The number of nitrogens with zero attached hydrogens (tertiary/aromatic N) is 20. The Morgan fingerprint density at radius 3 is 1.00 bits per heavy atom. The van der Waals surface area contributed by atoms with Gasteiger partial charge in [-0.3, -0.25) is 9.59 Å². The van der Waals surface area contributed by atoms with Crippen LogP contribution in [0.3, 0.4) is 0 Å². The highest BCUT2D eigenvalue weighted by Gasteiger charge is 2.35. The van der Waals surface area contributed by atoms with Crippen LogP contribution in [-0.2, 0) is 38.2 Å². The predicted molar refractivity (Wildman–Crippen MR) is 324 cm³/mol. The summed E-state index contributed by atoms with van der Waals surface area (Å²) in [4.78, 5) is 78.5. The number of nitrogen functional groups attached to an aromatic ring is 4. The van der Waals surface area contributed by atoms with Gasteiger partial charge in [0.2, 0.25) is 11.6 Å². The third kappa shape index (κ3) is 18.9. The van der Waals surface area contributed by atoms with E-state index in [1.54, 1.807) is 0 Å². The highest BCUT2D eigenvalue weighted by Crippen LogP contribution is 2.34. The lowest BCUT2D eigenvalue weighted by molar-refractivity contribution is -0.139. The topological polar surface area (TPSA) is 489 Å².